The lowest BCUT2D eigenvalue weighted by atomic mass is 9.95. The van der Waals surface area contributed by atoms with Crippen LogP contribution < -0.4 is 0 Å². The molecule has 4 heterocycles. The van der Waals surface area contributed by atoms with Gasteiger partial charge in [-0.15, -0.1) is 0 Å². The molecule has 1 unspecified atom stereocenters. The number of rotatable bonds is 5. The molecule has 8 nitrogen and oxygen atoms in total. The molecule has 1 saturated carbocycles. The van der Waals surface area contributed by atoms with Crippen LogP contribution in [0, 0.1) is 5.92 Å². The van der Waals surface area contributed by atoms with Crippen LogP contribution in [-0.2, 0) is 16.1 Å². The van der Waals surface area contributed by atoms with Gasteiger partial charge in [0.05, 0.1) is 0 Å². The number of amides is 1. The van der Waals surface area contributed by atoms with Crippen LogP contribution in [0.5, 0.6) is 0 Å². The van der Waals surface area contributed by atoms with Crippen molar-refractivity contribution in [3.8, 4) is 0 Å². The first-order valence-electron chi connectivity index (χ1n) is 9.99. The highest BCUT2D eigenvalue weighted by Crippen LogP contribution is 2.39. The van der Waals surface area contributed by atoms with E-state index in [1.165, 1.54) is 0 Å². The number of aromatic nitrogens is 4. The van der Waals surface area contributed by atoms with Crippen LogP contribution in [0.2, 0.25) is 0 Å². The minimum absolute atomic E-state index is 0.0975. The van der Waals surface area contributed by atoms with Crippen LogP contribution in [-0.4, -0.2) is 56.5 Å². The molecule has 2 aliphatic heterocycles. The van der Waals surface area contributed by atoms with E-state index in [0.717, 1.165) is 56.9 Å². The molecule has 2 saturated heterocycles. The van der Waals surface area contributed by atoms with Crippen molar-refractivity contribution >= 4 is 5.91 Å². The second kappa shape index (κ2) is 7.07. The molecule has 5 rings (SSSR count). The molecule has 3 atom stereocenters. The van der Waals surface area contributed by atoms with E-state index in [4.69, 9.17) is 9.26 Å². The largest absolute Gasteiger partial charge is 0.368 e. The maximum atomic E-state index is 13.1. The summed E-state index contributed by atoms with van der Waals surface area (Å²) in [6.45, 7) is 2.78. The van der Waals surface area contributed by atoms with Crippen molar-refractivity contribution in [1.29, 1.82) is 0 Å². The SMILES string of the molecule is O=C([C@@H]1OCC[C@@H]1Cn1cccn1)N1CCCC(c2noc(C3CC3)n2)C1. The highest BCUT2D eigenvalue weighted by molar-refractivity contribution is 5.81. The molecule has 0 aromatic carbocycles. The predicted molar refractivity (Wildman–Crippen MR) is 94.9 cm³/mol. The molecular formula is C19H25N5O3. The summed E-state index contributed by atoms with van der Waals surface area (Å²) in [5.74, 6) is 2.42. The fraction of sp³-hybridized carbons (Fsp3) is 0.684. The lowest BCUT2D eigenvalue weighted by Gasteiger charge is -2.33. The predicted octanol–water partition coefficient (Wildman–Crippen LogP) is 1.95. The smallest absolute Gasteiger partial charge is 0.252 e. The first-order chi connectivity index (χ1) is 13.3. The zero-order chi connectivity index (χ0) is 18.2. The number of carbonyl (C=O) groups is 1. The van der Waals surface area contributed by atoms with Crippen molar-refractivity contribution in [1.82, 2.24) is 24.8 Å². The van der Waals surface area contributed by atoms with Crippen molar-refractivity contribution in [2.75, 3.05) is 19.7 Å². The summed E-state index contributed by atoms with van der Waals surface area (Å²) in [6.07, 6.45) is 8.47. The summed E-state index contributed by atoms with van der Waals surface area (Å²) >= 11 is 0. The monoisotopic (exact) mass is 371 g/mol. The number of carbonyl (C=O) groups excluding carboxylic acids is 1. The molecule has 3 aliphatic rings. The van der Waals surface area contributed by atoms with Crippen molar-refractivity contribution in [3.63, 3.8) is 0 Å². The van der Waals surface area contributed by atoms with Gasteiger partial charge in [-0.3, -0.25) is 9.48 Å². The fourth-order valence-corrected chi connectivity index (χ4v) is 4.22. The zero-order valence-corrected chi connectivity index (χ0v) is 15.4. The van der Waals surface area contributed by atoms with Crippen LogP contribution in [0.1, 0.15) is 55.7 Å². The molecule has 3 fully saturated rings. The number of hydrogen-bond donors (Lipinski definition) is 0. The zero-order valence-electron chi connectivity index (χ0n) is 15.4. The lowest BCUT2D eigenvalue weighted by molar-refractivity contribution is -0.144. The molecular weight excluding hydrogens is 346 g/mol. The third kappa shape index (κ3) is 3.50. The number of nitrogens with zero attached hydrogens (tertiary/aromatic N) is 5. The number of ether oxygens (including phenoxy) is 1. The summed E-state index contributed by atoms with van der Waals surface area (Å²) in [5, 5.41) is 8.46. The molecule has 27 heavy (non-hydrogen) atoms. The van der Waals surface area contributed by atoms with E-state index in [-0.39, 0.29) is 23.8 Å². The van der Waals surface area contributed by atoms with Gasteiger partial charge < -0.3 is 14.2 Å². The molecule has 2 aromatic heterocycles. The van der Waals surface area contributed by atoms with Crippen LogP contribution in [0.3, 0.4) is 0 Å². The maximum Gasteiger partial charge on any atom is 0.252 e. The molecule has 8 heteroatoms. The lowest BCUT2D eigenvalue weighted by Crippen LogP contribution is -2.46. The van der Waals surface area contributed by atoms with Gasteiger partial charge >= 0.3 is 0 Å². The van der Waals surface area contributed by atoms with Gasteiger partial charge in [0.15, 0.2) is 5.82 Å². The Morgan fingerprint density at radius 1 is 1.22 bits per heavy atom. The normalized spacial score (nSPS) is 28.6. The van der Waals surface area contributed by atoms with Crippen LogP contribution in [0.4, 0.5) is 0 Å². The molecule has 2 aromatic rings. The van der Waals surface area contributed by atoms with Gasteiger partial charge in [0.25, 0.3) is 5.91 Å². The number of likely N-dealkylation sites (tertiary alicyclic amines) is 1. The first-order valence-corrected chi connectivity index (χ1v) is 9.99. The first kappa shape index (κ1) is 16.9. The van der Waals surface area contributed by atoms with E-state index >= 15 is 0 Å². The minimum Gasteiger partial charge on any atom is -0.368 e. The highest BCUT2D eigenvalue weighted by atomic mass is 16.5. The summed E-state index contributed by atoms with van der Waals surface area (Å²) in [6, 6.07) is 1.91. The van der Waals surface area contributed by atoms with Gasteiger partial charge in [-0.2, -0.15) is 10.1 Å². The van der Waals surface area contributed by atoms with Gasteiger partial charge in [-0.25, -0.2) is 0 Å². The second-order valence-corrected chi connectivity index (χ2v) is 7.96. The average Bonchev–Trinajstić information content (AvgIpc) is 3.10. The molecule has 144 valence electrons. The second-order valence-electron chi connectivity index (χ2n) is 7.96. The van der Waals surface area contributed by atoms with Gasteiger partial charge in [0, 0.05) is 56.4 Å². The molecule has 0 N–H and O–H groups in total. The quantitative estimate of drug-likeness (QED) is 0.798. The van der Waals surface area contributed by atoms with E-state index in [1.54, 1.807) is 6.20 Å². The van der Waals surface area contributed by atoms with E-state index in [9.17, 15) is 4.79 Å². The third-order valence-electron chi connectivity index (χ3n) is 5.92. The van der Waals surface area contributed by atoms with Gasteiger partial charge in [-0.05, 0) is 38.2 Å². The summed E-state index contributed by atoms with van der Waals surface area (Å²) in [4.78, 5) is 19.7. The van der Waals surface area contributed by atoms with E-state index in [0.29, 0.717) is 19.1 Å². The minimum atomic E-state index is -0.375. The van der Waals surface area contributed by atoms with Crippen molar-refractivity contribution < 1.29 is 14.1 Å². The Bertz CT molecular complexity index is 785. The number of piperidine rings is 1. The Kier molecular flexibility index (Phi) is 4.43. The Morgan fingerprint density at radius 3 is 2.96 bits per heavy atom. The van der Waals surface area contributed by atoms with Crippen molar-refractivity contribution in [2.45, 2.75) is 56.6 Å². The van der Waals surface area contributed by atoms with E-state index in [1.807, 2.05) is 21.8 Å². The van der Waals surface area contributed by atoms with E-state index in [2.05, 4.69) is 15.2 Å². The Labute approximate surface area is 157 Å². The average molecular weight is 371 g/mol. The Balaban J connectivity index is 1.24. The fourth-order valence-electron chi connectivity index (χ4n) is 4.22. The molecule has 0 bridgehead atoms. The molecule has 0 radical (unpaired) electrons. The van der Waals surface area contributed by atoms with Gasteiger partial charge in [0.2, 0.25) is 5.89 Å². The summed E-state index contributed by atoms with van der Waals surface area (Å²) in [5.41, 5.74) is 0. The maximum absolute atomic E-state index is 13.1. The van der Waals surface area contributed by atoms with Crippen LogP contribution in [0.25, 0.3) is 0 Å². The molecule has 1 aliphatic carbocycles. The van der Waals surface area contributed by atoms with Crippen molar-refractivity contribution in [2.24, 2.45) is 5.92 Å². The molecule has 1 amide bonds. The third-order valence-corrected chi connectivity index (χ3v) is 5.92. The summed E-state index contributed by atoms with van der Waals surface area (Å²) in [7, 11) is 0. The van der Waals surface area contributed by atoms with E-state index < -0.39 is 0 Å². The number of hydrogen-bond acceptors (Lipinski definition) is 6. The standard InChI is InChI=1S/C19H25N5O3/c25-19(16-14(6-10-26-16)12-24-9-2-7-20-24)23-8-1-3-15(11-23)17-21-18(27-22-17)13-4-5-13/h2,7,9,13-16H,1,3-6,8,10-12H2/t14-,15?,16-/m1/s1. The van der Waals surface area contributed by atoms with Gasteiger partial charge in [-0.1, -0.05) is 5.16 Å². The molecule has 0 spiro atoms. The van der Waals surface area contributed by atoms with Gasteiger partial charge in [0.1, 0.15) is 6.10 Å². The Morgan fingerprint density at radius 2 is 2.15 bits per heavy atom. The summed E-state index contributed by atoms with van der Waals surface area (Å²) < 4.78 is 13.1. The van der Waals surface area contributed by atoms with Crippen LogP contribution in [0.15, 0.2) is 23.0 Å². The highest BCUT2D eigenvalue weighted by Gasteiger charge is 2.39. The Hall–Kier alpha value is -2.22. The topological polar surface area (TPSA) is 86.3 Å². The van der Waals surface area contributed by atoms with Crippen LogP contribution >= 0.6 is 0 Å². The van der Waals surface area contributed by atoms with Crippen molar-refractivity contribution in [3.05, 3.63) is 30.2 Å².